The van der Waals surface area contributed by atoms with Gasteiger partial charge in [0.15, 0.2) is 0 Å². The molecule has 0 bridgehead atoms. The van der Waals surface area contributed by atoms with Crippen molar-refractivity contribution >= 4 is 5.91 Å². The van der Waals surface area contributed by atoms with E-state index in [2.05, 4.69) is 10.3 Å². The molecule has 5 nitrogen and oxygen atoms in total. The topological polar surface area (TPSA) is 69.3 Å². The molecule has 0 fully saturated rings. The van der Waals surface area contributed by atoms with Gasteiger partial charge in [0.1, 0.15) is 0 Å². The zero-order valence-corrected chi connectivity index (χ0v) is 6.68. The highest BCUT2D eigenvalue weighted by molar-refractivity contribution is 5.82. The minimum atomic E-state index is -0.804. The summed E-state index contributed by atoms with van der Waals surface area (Å²) in [6.45, 7) is 0. The van der Waals surface area contributed by atoms with Crippen molar-refractivity contribution < 1.29 is 9.97 Å². The second kappa shape index (κ2) is 3.04. The molecule has 0 saturated heterocycles. The van der Waals surface area contributed by atoms with E-state index in [1.165, 1.54) is 0 Å². The molecule has 1 amide bonds. The van der Waals surface area contributed by atoms with E-state index in [1.807, 2.05) is 6.07 Å². The highest BCUT2D eigenvalue weighted by atomic mass is 16.5. The van der Waals surface area contributed by atoms with Crippen molar-refractivity contribution in [1.29, 1.82) is 0 Å². The molecule has 2 atom stereocenters. The van der Waals surface area contributed by atoms with Crippen LogP contribution in [0.15, 0.2) is 40.7 Å². The van der Waals surface area contributed by atoms with Crippen LogP contribution in [0.3, 0.4) is 0 Å². The SMILES string of the molecule is O=C1N=N[NH+]([O-])C1c1ccccc1. The summed E-state index contributed by atoms with van der Waals surface area (Å²) in [6.07, 6.45) is 0. The smallest absolute Gasteiger partial charge is 0.334 e. The number of nitrogens with zero attached hydrogens (tertiary/aromatic N) is 2. The van der Waals surface area contributed by atoms with Gasteiger partial charge in [-0.3, -0.25) is 4.79 Å². The Labute approximate surface area is 74.2 Å². The van der Waals surface area contributed by atoms with Gasteiger partial charge in [0.2, 0.25) is 6.04 Å². The van der Waals surface area contributed by atoms with Crippen LogP contribution in [0, 0.1) is 5.21 Å². The van der Waals surface area contributed by atoms with Crippen LogP contribution in [0.4, 0.5) is 0 Å². The molecule has 0 saturated carbocycles. The predicted octanol–water partition coefficient (Wildman–Crippen LogP) is 0.0178. The Bertz CT molecular complexity index is 350. The second-order valence-corrected chi connectivity index (χ2v) is 2.72. The number of carbonyl (C=O) groups is 1. The summed E-state index contributed by atoms with van der Waals surface area (Å²) in [5.74, 6) is -0.476. The van der Waals surface area contributed by atoms with E-state index in [-0.39, 0.29) is 0 Å². The van der Waals surface area contributed by atoms with Gasteiger partial charge in [0.25, 0.3) is 0 Å². The summed E-state index contributed by atoms with van der Waals surface area (Å²) >= 11 is 0. The van der Waals surface area contributed by atoms with Crippen LogP contribution in [0.5, 0.6) is 0 Å². The molecular weight excluding hydrogens is 170 g/mol. The molecule has 2 rings (SSSR count). The number of benzene rings is 1. The third-order valence-electron chi connectivity index (χ3n) is 1.87. The number of hydroxylamine groups is 1. The Kier molecular flexibility index (Phi) is 1.88. The predicted molar refractivity (Wildman–Crippen MR) is 43.4 cm³/mol. The van der Waals surface area contributed by atoms with Crippen LogP contribution in [-0.4, -0.2) is 5.91 Å². The molecule has 1 heterocycles. The van der Waals surface area contributed by atoms with Gasteiger partial charge in [-0.05, 0) is 0 Å². The van der Waals surface area contributed by atoms with Crippen LogP contribution in [0.2, 0.25) is 0 Å². The van der Waals surface area contributed by atoms with Gasteiger partial charge in [-0.25, -0.2) is 5.17 Å². The molecule has 0 aromatic heterocycles. The van der Waals surface area contributed by atoms with Crippen molar-refractivity contribution in [3.63, 3.8) is 0 Å². The van der Waals surface area contributed by atoms with Crippen LogP contribution < -0.4 is 5.17 Å². The van der Waals surface area contributed by atoms with Gasteiger partial charge in [-0.2, -0.15) is 0 Å². The first-order valence-electron chi connectivity index (χ1n) is 3.83. The van der Waals surface area contributed by atoms with Crippen LogP contribution in [0.25, 0.3) is 0 Å². The Morgan fingerprint density at radius 1 is 1.31 bits per heavy atom. The van der Waals surface area contributed by atoms with Crippen molar-refractivity contribution in [2.24, 2.45) is 10.3 Å². The van der Waals surface area contributed by atoms with Gasteiger partial charge in [-0.15, -0.1) is 0 Å². The summed E-state index contributed by atoms with van der Waals surface area (Å²) in [4.78, 5) is 11.1. The largest absolute Gasteiger partial charge is 0.604 e. The average Bonchev–Trinajstić information content (AvgIpc) is 2.48. The second-order valence-electron chi connectivity index (χ2n) is 2.72. The first kappa shape index (κ1) is 8.03. The van der Waals surface area contributed by atoms with Crippen molar-refractivity contribution in [3.8, 4) is 0 Å². The van der Waals surface area contributed by atoms with Crippen LogP contribution >= 0.6 is 0 Å². The number of hydrogen-bond donors (Lipinski definition) is 1. The summed E-state index contributed by atoms with van der Waals surface area (Å²) in [7, 11) is 0. The standard InChI is InChI=1S/C8H7N3O2/c12-8-7(11(13)10-9-8)6-4-2-1-3-5-6/h1-5,7,11H. The molecule has 0 aliphatic carbocycles. The summed E-state index contributed by atoms with van der Waals surface area (Å²) < 4.78 is 0. The minimum Gasteiger partial charge on any atom is -0.604 e. The number of carbonyl (C=O) groups excluding carboxylic acids is 1. The number of rotatable bonds is 1. The first-order valence-corrected chi connectivity index (χ1v) is 3.83. The zero-order chi connectivity index (χ0) is 9.26. The number of hydrogen-bond acceptors (Lipinski definition) is 3. The summed E-state index contributed by atoms with van der Waals surface area (Å²) in [5, 5.41) is 17.1. The maximum absolute atomic E-state index is 11.1. The molecule has 0 radical (unpaired) electrons. The fourth-order valence-corrected chi connectivity index (χ4v) is 1.25. The quantitative estimate of drug-likeness (QED) is 0.614. The van der Waals surface area contributed by atoms with E-state index >= 15 is 0 Å². The lowest BCUT2D eigenvalue weighted by molar-refractivity contribution is -0.876. The molecule has 1 aromatic rings. The van der Waals surface area contributed by atoms with E-state index in [9.17, 15) is 10.0 Å². The third kappa shape index (κ3) is 1.34. The van der Waals surface area contributed by atoms with E-state index in [1.54, 1.807) is 24.3 Å². The summed E-state index contributed by atoms with van der Waals surface area (Å²) in [5.41, 5.74) is 0.655. The van der Waals surface area contributed by atoms with Crippen LogP contribution in [-0.2, 0) is 4.79 Å². The Morgan fingerprint density at radius 3 is 2.54 bits per heavy atom. The van der Waals surface area contributed by atoms with Gasteiger partial charge < -0.3 is 5.21 Å². The number of nitrogens with one attached hydrogen (secondary N) is 1. The third-order valence-corrected chi connectivity index (χ3v) is 1.87. The van der Waals surface area contributed by atoms with Gasteiger partial charge in [-0.1, -0.05) is 35.4 Å². The van der Waals surface area contributed by atoms with E-state index in [0.717, 1.165) is 0 Å². The molecule has 1 aromatic carbocycles. The molecule has 13 heavy (non-hydrogen) atoms. The number of amides is 1. The fraction of sp³-hybridized carbons (Fsp3) is 0.125. The van der Waals surface area contributed by atoms with Crippen molar-refractivity contribution in [2.75, 3.05) is 0 Å². The fourth-order valence-electron chi connectivity index (χ4n) is 1.25. The van der Waals surface area contributed by atoms with Crippen molar-refractivity contribution in [2.45, 2.75) is 6.04 Å². The average molecular weight is 177 g/mol. The molecular formula is C8H7N3O2. The zero-order valence-electron chi connectivity index (χ0n) is 6.68. The maximum atomic E-state index is 11.1. The van der Waals surface area contributed by atoms with Gasteiger partial charge in [0.05, 0.1) is 0 Å². The Hall–Kier alpha value is -1.59. The van der Waals surface area contributed by atoms with Gasteiger partial charge in [0, 0.05) is 10.8 Å². The lowest BCUT2D eigenvalue weighted by Gasteiger charge is -2.15. The lowest BCUT2D eigenvalue weighted by atomic mass is 10.1. The molecule has 2 unspecified atom stereocenters. The van der Waals surface area contributed by atoms with Crippen molar-refractivity contribution in [1.82, 2.24) is 0 Å². The maximum Gasteiger partial charge on any atom is 0.334 e. The Morgan fingerprint density at radius 2 is 2.00 bits per heavy atom. The lowest BCUT2D eigenvalue weighted by Crippen LogP contribution is -3.01. The summed E-state index contributed by atoms with van der Waals surface area (Å²) in [6, 6.07) is 8.00. The molecule has 0 spiro atoms. The molecule has 5 heteroatoms. The highest BCUT2D eigenvalue weighted by Crippen LogP contribution is 2.13. The van der Waals surface area contributed by atoms with E-state index in [4.69, 9.17) is 0 Å². The first-order chi connectivity index (χ1) is 6.29. The van der Waals surface area contributed by atoms with E-state index in [0.29, 0.717) is 5.56 Å². The molecule has 1 N–H and O–H groups in total. The number of quaternary nitrogens is 1. The van der Waals surface area contributed by atoms with Crippen LogP contribution in [0.1, 0.15) is 11.6 Å². The van der Waals surface area contributed by atoms with E-state index < -0.39 is 17.1 Å². The highest BCUT2D eigenvalue weighted by Gasteiger charge is 2.32. The minimum absolute atomic E-state index is 0.476. The Balaban J connectivity index is 2.33. The van der Waals surface area contributed by atoms with Gasteiger partial charge >= 0.3 is 5.91 Å². The van der Waals surface area contributed by atoms with Crippen molar-refractivity contribution in [3.05, 3.63) is 41.1 Å². The molecule has 1 aliphatic rings. The molecule has 1 aliphatic heterocycles. The normalized spacial score (nSPS) is 26.7. The molecule has 66 valence electrons. The monoisotopic (exact) mass is 177 g/mol.